The predicted octanol–water partition coefficient (Wildman–Crippen LogP) is 1.88. The average Bonchev–Trinajstić information content (AvgIpc) is 2.26. The van der Waals surface area contributed by atoms with Crippen LogP contribution >= 0.6 is 24.0 Å². The van der Waals surface area contributed by atoms with Crippen molar-refractivity contribution in [2.45, 2.75) is 12.2 Å². The van der Waals surface area contributed by atoms with Crippen LogP contribution in [-0.4, -0.2) is 28.0 Å². The lowest BCUT2D eigenvalue weighted by atomic mass is 10.2. The van der Waals surface area contributed by atoms with Crippen LogP contribution in [0, 0.1) is 0 Å². The van der Waals surface area contributed by atoms with Gasteiger partial charge in [-0.2, -0.15) is 11.8 Å². The predicted molar refractivity (Wildman–Crippen MR) is 71.6 cm³/mol. The highest BCUT2D eigenvalue weighted by atomic mass is 32.2. The maximum absolute atomic E-state index is 5.61. The van der Waals surface area contributed by atoms with E-state index in [1.54, 1.807) is 12.4 Å². The fourth-order valence-electron chi connectivity index (χ4n) is 1.09. The standard InChI is InChI=1S/C10H15N3S2/c1-7(15-2)5-13-9-6-12-4-3-8(9)10(11)14/h3-4,6-7,13H,5H2,1-2H3,(H2,11,14). The van der Waals surface area contributed by atoms with Crippen LogP contribution in [0.4, 0.5) is 5.69 Å². The van der Waals surface area contributed by atoms with Crippen molar-refractivity contribution in [2.24, 2.45) is 5.73 Å². The average molecular weight is 241 g/mol. The molecule has 1 heterocycles. The normalized spacial score (nSPS) is 12.1. The van der Waals surface area contributed by atoms with Gasteiger partial charge in [0.05, 0.1) is 11.9 Å². The topological polar surface area (TPSA) is 50.9 Å². The molecule has 82 valence electrons. The Labute approximate surface area is 99.8 Å². The zero-order chi connectivity index (χ0) is 11.3. The lowest BCUT2D eigenvalue weighted by molar-refractivity contribution is 1.00. The molecule has 0 aromatic carbocycles. The molecule has 0 bridgehead atoms. The number of anilines is 1. The number of nitrogens with one attached hydrogen (secondary N) is 1. The summed E-state index contributed by atoms with van der Waals surface area (Å²) >= 11 is 6.77. The molecule has 1 aromatic heterocycles. The Hall–Kier alpha value is -0.810. The maximum Gasteiger partial charge on any atom is 0.106 e. The quantitative estimate of drug-likeness (QED) is 0.771. The van der Waals surface area contributed by atoms with E-state index in [1.165, 1.54) is 0 Å². The fraction of sp³-hybridized carbons (Fsp3) is 0.400. The number of hydrogen-bond acceptors (Lipinski definition) is 4. The number of aromatic nitrogens is 1. The van der Waals surface area contributed by atoms with Gasteiger partial charge in [0.15, 0.2) is 0 Å². The highest BCUT2D eigenvalue weighted by Crippen LogP contribution is 2.14. The first-order valence-electron chi connectivity index (χ1n) is 4.65. The van der Waals surface area contributed by atoms with E-state index in [4.69, 9.17) is 18.0 Å². The zero-order valence-corrected chi connectivity index (χ0v) is 10.5. The van der Waals surface area contributed by atoms with E-state index in [9.17, 15) is 0 Å². The van der Waals surface area contributed by atoms with Crippen LogP contribution in [0.3, 0.4) is 0 Å². The molecule has 1 unspecified atom stereocenters. The molecule has 0 fully saturated rings. The molecule has 1 rings (SSSR count). The first-order valence-corrected chi connectivity index (χ1v) is 6.35. The molecular formula is C10H15N3S2. The van der Waals surface area contributed by atoms with E-state index in [0.717, 1.165) is 17.8 Å². The largest absolute Gasteiger partial charge is 0.389 e. The minimum Gasteiger partial charge on any atom is -0.389 e. The highest BCUT2D eigenvalue weighted by molar-refractivity contribution is 7.99. The highest BCUT2D eigenvalue weighted by Gasteiger charge is 2.05. The molecule has 1 aromatic rings. The summed E-state index contributed by atoms with van der Waals surface area (Å²) in [5.74, 6) is 0. The summed E-state index contributed by atoms with van der Waals surface area (Å²) in [6.45, 7) is 3.04. The smallest absolute Gasteiger partial charge is 0.106 e. The van der Waals surface area contributed by atoms with Crippen molar-refractivity contribution in [1.29, 1.82) is 0 Å². The summed E-state index contributed by atoms with van der Waals surface area (Å²) in [5.41, 5.74) is 7.38. The minimum atomic E-state index is 0.400. The van der Waals surface area contributed by atoms with Crippen LogP contribution in [0.5, 0.6) is 0 Å². The van der Waals surface area contributed by atoms with Crippen LogP contribution in [0.25, 0.3) is 0 Å². The lowest BCUT2D eigenvalue weighted by Gasteiger charge is -2.13. The van der Waals surface area contributed by atoms with Crippen LogP contribution in [0.1, 0.15) is 12.5 Å². The first-order chi connectivity index (χ1) is 7.15. The van der Waals surface area contributed by atoms with Crippen molar-refractivity contribution in [3.63, 3.8) is 0 Å². The second-order valence-electron chi connectivity index (χ2n) is 3.21. The van der Waals surface area contributed by atoms with Gasteiger partial charge < -0.3 is 11.1 Å². The number of thiocarbonyl (C=S) groups is 1. The van der Waals surface area contributed by atoms with Crippen molar-refractivity contribution >= 4 is 34.7 Å². The van der Waals surface area contributed by atoms with Crippen LogP contribution in [0.2, 0.25) is 0 Å². The van der Waals surface area contributed by atoms with Gasteiger partial charge in [-0.1, -0.05) is 19.1 Å². The molecule has 15 heavy (non-hydrogen) atoms. The summed E-state index contributed by atoms with van der Waals surface area (Å²) in [7, 11) is 0. The fourth-order valence-corrected chi connectivity index (χ4v) is 1.52. The Morgan fingerprint density at radius 2 is 2.47 bits per heavy atom. The molecular weight excluding hydrogens is 226 g/mol. The van der Waals surface area contributed by atoms with Gasteiger partial charge in [-0.25, -0.2) is 0 Å². The molecule has 0 amide bonds. The Balaban J connectivity index is 2.72. The zero-order valence-electron chi connectivity index (χ0n) is 8.86. The van der Waals surface area contributed by atoms with Crippen molar-refractivity contribution < 1.29 is 0 Å². The number of hydrogen-bond donors (Lipinski definition) is 2. The van der Waals surface area contributed by atoms with E-state index >= 15 is 0 Å². The summed E-state index contributed by atoms with van der Waals surface area (Å²) in [6.07, 6.45) is 5.53. The van der Waals surface area contributed by atoms with E-state index in [0.29, 0.717) is 10.2 Å². The Morgan fingerprint density at radius 1 is 1.73 bits per heavy atom. The number of nitrogens with two attached hydrogens (primary N) is 1. The van der Waals surface area contributed by atoms with Crippen LogP contribution in [0.15, 0.2) is 18.5 Å². The summed E-state index contributed by atoms with van der Waals surface area (Å²) in [6, 6.07) is 1.83. The number of nitrogens with zero attached hydrogens (tertiary/aromatic N) is 1. The summed E-state index contributed by atoms with van der Waals surface area (Å²) < 4.78 is 0. The van der Waals surface area contributed by atoms with Gasteiger partial charge in [-0.05, 0) is 12.3 Å². The third kappa shape index (κ3) is 3.68. The monoisotopic (exact) mass is 241 g/mol. The van der Waals surface area contributed by atoms with Crippen LogP contribution < -0.4 is 11.1 Å². The Bertz CT molecular complexity index is 341. The van der Waals surface area contributed by atoms with Gasteiger partial charge in [0.1, 0.15) is 4.99 Å². The molecule has 0 saturated heterocycles. The van der Waals surface area contributed by atoms with Gasteiger partial charge in [0.25, 0.3) is 0 Å². The van der Waals surface area contributed by atoms with Crippen molar-refractivity contribution in [3.05, 3.63) is 24.0 Å². The molecule has 0 aliphatic heterocycles. The van der Waals surface area contributed by atoms with E-state index < -0.39 is 0 Å². The molecule has 0 spiro atoms. The molecule has 0 aliphatic carbocycles. The maximum atomic E-state index is 5.61. The third-order valence-electron chi connectivity index (χ3n) is 2.07. The Kier molecular flexibility index (Phi) is 4.84. The summed E-state index contributed by atoms with van der Waals surface area (Å²) in [4.78, 5) is 4.45. The number of pyridine rings is 1. The molecule has 3 nitrogen and oxygen atoms in total. The van der Waals surface area contributed by atoms with Gasteiger partial charge in [-0.3, -0.25) is 4.98 Å². The van der Waals surface area contributed by atoms with E-state index in [1.807, 2.05) is 17.8 Å². The van der Waals surface area contributed by atoms with Crippen molar-refractivity contribution in [3.8, 4) is 0 Å². The molecule has 0 aliphatic rings. The molecule has 1 atom stereocenters. The van der Waals surface area contributed by atoms with Gasteiger partial charge >= 0.3 is 0 Å². The lowest BCUT2D eigenvalue weighted by Crippen LogP contribution is -2.17. The number of thioether (sulfide) groups is 1. The van der Waals surface area contributed by atoms with E-state index in [-0.39, 0.29) is 0 Å². The minimum absolute atomic E-state index is 0.400. The third-order valence-corrected chi connectivity index (χ3v) is 3.26. The molecule has 0 saturated carbocycles. The van der Waals surface area contributed by atoms with Gasteiger partial charge in [0, 0.05) is 23.6 Å². The Morgan fingerprint density at radius 3 is 3.07 bits per heavy atom. The SMILES string of the molecule is CSC(C)CNc1cnccc1C(N)=S. The van der Waals surface area contributed by atoms with E-state index in [2.05, 4.69) is 23.5 Å². The number of rotatable bonds is 5. The van der Waals surface area contributed by atoms with Crippen molar-refractivity contribution in [2.75, 3.05) is 18.1 Å². The summed E-state index contributed by atoms with van der Waals surface area (Å²) in [5, 5.41) is 3.84. The van der Waals surface area contributed by atoms with Gasteiger partial charge in [0.2, 0.25) is 0 Å². The first kappa shape index (κ1) is 12.3. The van der Waals surface area contributed by atoms with Gasteiger partial charge in [-0.15, -0.1) is 0 Å². The second-order valence-corrected chi connectivity index (χ2v) is 4.93. The van der Waals surface area contributed by atoms with Crippen molar-refractivity contribution in [1.82, 2.24) is 4.98 Å². The second kappa shape index (κ2) is 5.92. The molecule has 0 radical (unpaired) electrons. The molecule has 3 N–H and O–H groups in total. The van der Waals surface area contributed by atoms with Crippen LogP contribution in [-0.2, 0) is 0 Å². The molecule has 5 heteroatoms.